The molecule has 0 N–H and O–H groups in total. The average Bonchev–Trinajstić information content (AvgIpc) is 3.18. The quantitative estimate of drug-likeness (QED) is 0.661. The van der Waals surface area contributed by atoms with E-state index in [2.05, 4.69) is 20.2 Å². The van der Waals surface area contributed by atoms with Gasteiger partial charge in [-0.05, 0) is 24.3 Å². The van der Waals surface area contributed by atoms with Gasteiger partial charge in [0.1, 0.15) is 25.3 Å². The molecule has 3 rings (SSSR count). The Kier molecular flexibility index (Phi) is 2.88. The van der Waals surface area contributed by atoms with Gasteiger partial charge in [-0.2, -0.15) is 19.6 Å². The zero-order chi connectivity index (χ0) is 13.9. The lowest BCUT2D eigenvalue weighted by Gasteiger charge is -2.02. The van der Waals surface area contributed by atoms with E-state index in [9.17, 15) is 9.59 Å². The van der Waals surface area contributed by atoms with Crippen LogP contribution in [0.3, 0.4) is 0 Å². The van der Waals surface area contributed by atoms with Crippen molar-refractivity contribution in [2.24, 2.45) is 0 Å². The molecule has 0 aliphatic rings. The topological polar surface area (TPSA) is 95.6 Å². The first kappa shape index (κ1) is 11.9. The number of rotatable bonds is 2. The van der Waals surface area contributed by atoms with Crippen LogP contribution in [0.2, 0.25) is 0 Å². The maximum atomic E-state index is 12.0. The van der Waals surface area contributed by atoms with Gasteiger partial charge in [0.15, 0.2) is 0 Å². The first-order valence-corrected chi connectivity index (χ1v) is 5.64. The molecule has 0 amide bonds. The Labute approximate surface area is 112 Å². The molecule has 0 saturated heterocycles. The highest BCUT2D eigenvalue weighted by Gasteiger charge is 2.12. The Balaban J connectivity index is 1.85. The van der Waals surface area contributed by atoms with Gasteiger partial charge >= 0.3 is 0 Å². The Morgan fingerprint density at radius 2 is 1.15 bits per heavy atom. The standard InChI is InChI=1S/C12H8N6O2/c19-11(17-7-13-5-15-17)9-1-2-10(4-3-9)12(20)18-8-14-6-16-18/h1-8H. The van der Waals surface area contributed by atoms with Crippen LogP contribution >= 0.6 is 0 Å². The molecule has 0 bridgehead atoms. The molecule has 0 fully saturated rings. The summed E-state index contributed by atoms with van der Waals surface area (Å²) in [6, 6.07) is 6.20. The molecule has 8 nitrogen and oxygen atoms in total. The Morgan fingerprint density at radius 3 is 1.45 bits per heavy atom. The summed E-state index contributed by atoms with van der Waals surface area (Å²) in [4.78, 5) is 31.3. The normalized spacial score (nSPS) is 10.4. The van der Waals surface area contributed by atoms with Crippen molar-refractivity contribution >= 4 is 11.8 Å². The molecule has 0 atom stereocenters. The Bertz CT molecular complexity index is 666. The van der Waals surface area contributed by atoms with Gasteiger partial charge in [0.2, 0.25) is 0 Å². The van der Waals surface area contributed by atoms with Crippen LogP contribution in [-0.2, 0) is 0 Å². The minimum Gasteiger partial charge on any atom is -0.267 e. The van der Waals surface area contributed by atoms with E-state index in [-0.39, 0.29) is 11.8 Å². The van der Waals surface area contributed by atoms with Crippen LogP contribution in [-0.4, -0.2) is 41.3 Å². The van der Waals surface area contributed by atoms with E-state index in [0.29, 0.717) is 11.1 Å². The molecule has 2 heterocycles. The summed E-state index contributed by atoms with van der Waals surface area (Å²) in [5, 5.41) is 7.51. The molecule has 0 aliphatic carbocycles. The largest absolute Gasteiger partial charge is 0.279 e. The van der Waals surface area contributed by atoms with Crippen molar-refractivity contribution in [2.45, 2.75) is 0 Å². The van der Waals surface area contributed by atoms with Crippen LogP contribution in [0.4, 0.5) is 0 Å². The van der Waals surface area contributed by atoms with Crippen LogP contribution < -0.4 is 0 Å². The summed E-state index contributed by atoms with van der Waals surface area (Å²) >= 11 is 0. The molecule has 3 aromatic rings. The maximum absolute atomic E-state index is 12.0. The molecule has 0 unspecified atom stereocenters. The predicted octanol–water partition coefficient (Wildman–Crippen LogP) is 0.247. The molecule has 8 heteroatoms. The van der Waals surface area contributed by atoms with Crippen molar-refractivity contribution in [2.75, 3.05) is 0 Å². The summed E-state index contributed by atoms with van der Waals surface area (Å²) < 4.78 is 2.24. The summed E-state index contributed by atoms with van der Waals surface area (Å²) in [5.74, 6) is -0.635. The second kappa shape index (κ2) is 4.84. The zero-order valence-electron chi connectivity index (χ0n) is 10.1. The molecular formula is C12H8N6O2. The summed E-state index contributed by atoms with van der Waals surface area (Å²) in [6.07, 6.45) is 5.19. The fourth-order valence-corrected chi connectivity index (χ4v) is 1.65. The number of carbonyl (C=O) groups excluding carboxylic acids is 2. The van der Waals surface area contributed by atoms with Gasteiger partial charge in [-0.3, -0.25) is 9.59 Å². The molecule has 0 aliphatic heterocycles. The lowest BCUT2D eigenvalue weighted by Crippen LogP contribution is -2.14. The average molecular weight is 268 g/mol. The number of hydrogen-bond donors (Lipinski definition) is 0. The number of benzene rings is 1. The molecule has 1 aromatic carbocycles. The zero-order valence-corrected chi connectivity index (χ0v) is 10.1. The molecule has 0 saturated carbocycles. The first-order valence-electron chi connectivity index (χ1n) is 5.64. The van der Waals surface area contributed by atoms with Crippen molar-refractivity contribution in [3.63, 3.8) is 0 Å². The molecule has 20 heavy (non-hydrogen) atoms. The third-order valence-corrected chi connectivity index (χ3v) is 2.63. The van der Waals surface area contributed by atoms with E-state index < -0.39 is 0 Å². The van der Waals surface area contributed by atoms with Gasteiger partial charge in [0.05, 0.1) is 0 Å². The molecular weight excluding hydrogens is 260 g/mol. The van der Waals surface area contributed by atoms with Crippen molar-refractivity contribution in [1.29, 1.82) is 0 Å². The number of hydrogen-bond acceptors (Lipinski definition) is 6. The van der Waals surface area contributed by atoms with E-state index in [1.807, 2.05) is 0 Å². The highest BCUT2D eigenvalue weighted by Crippen LogP contribution is 2.07. The van der Waals surface area contributed by atoms with Crippen molar-refractivity contribution in [1.82, 2.24) is 29.5 Å². The second-order valence-corrected chi connectivity index (χ2v) is 3.87. The molecule has 0 spiro atoms. The number of nitrogens with zero attached hydrogens (tertiary/aromatic N) is 6. The van der Waals surface area contributed by atoms with Crippen LogP contribution in [0.1, 0.15) is 20.7 Å². The Morgan fingerprint density at radius 1 is 0.750 bits per heavy atom. The van der Waals surface area contributed by atoms with Crippen LogP contribution in [0.15, 0.2) is 49.6 Å². The third kappa shape index (κ3) is 2.09. The molecule has 2 aromatic heterocycles. The predicted molar refractivity (Wildman–Crippen MR) is 65.9 cm³/mol. The van der Waals surface area contributed by atoms with Crippen molar-refractivity contribution < 1.29 is 9.59 Å². The Hall–Kier alpha value is -3.16. The minimum atomic E-state index is -0.317. The van der Waals surface area contributed by atoms with Gasteiger partial charge in [0, 0.05) is 11.1 Å². The number of carbonyl (C=O) groups is 2. The number of aromatic nitrogens is 6. The summed E-state index contributed by atoms with van der Waals surface area (Å²) in [7, 11) is 0. The molecule has 98 valence electrons. The van der Waals surface area contributed by atoms with Gasteiger partial charge < -0.3 is 0 Å². The lowest BCUT2D eigenvalue weighted by atomic mass is 10.1. The first-order chi connectivity index (χ1) is 9.75. The maximum Gasteiger partial charge on any atom is 0.279 e. The SMILES string of the molecule is O=C(c1ccc(C(=O)n2cncn2)cc1)n1cncn1. The summed E-state index contributed by atoms with van der Waals surface area (Å²) in [5.41, 5.74) is 0.816. The van der Waals surface area contributed by atoms with Crippen LogP contribution in [0.25, 0.3) is 0 Å². The van der Waals surface area contributed by atoms with Crippen molar-refractivity contribution in [3.05, 3.63) is 60.7 Å². The van der Waals surface area contributed by atoms with Gasteiger partial charge in [-0.15, -0.1) is 0 Å². The fraction of sp³-hybridized carbons (Fsp3) is 0. The van der Waals surface area contributed by atoms with E-state index in [1.165, 1.54) is 25.3 Å². The van der Waals surface area contributed by atoms with E-state index >= 15 is 0 Å². The lowest BCUT2D eigenvalue weighted by molar-refractivity contribution is 0.0933. The van der Waals surface area contributed by atoms with Gasteiger partial charge in [-0.1, -0.05) is 0 Å². The van der Waals surface area contributed by atoms with Gasteiger partial charge in [-0.25, -0.2) is 9.97 Å². The minimum absolute atomic E-state index is 0.317. The molecule has 0 radical (unpaired) electrons. The monoisotopic (exact) mass is 268 g/mol. The smallest absolute Gasteiger partial charge is 0.267 e. The van der Waals surface area contributed by atoms with E-state index in [4.69, 9.17) is 0 Å². The van der Waals surface area contributed by atoms with Gasteiger partial charge in [0.25, 0.3) is 11.8 Å². The highest BCUT2D eigenvalue weighted by molar-refractivity contribution is 5.98. The second-order valence-electron chi connectivity index (χ2n) is 3.87. The summed E-state index contributed by atoms with van der Waals surface area (Å²) in [6.45, 7) is 0. The van der Waals surface area contributed by atoms with Crippen LogP contribution in [0, 0.1) is 0 Å². The van der Waals surface area contributed by atoms with E-state index in [0.717, 1.165) is 9.36 Å². The van der Waals surface area contributed by atoms with Crippen molar-refractivity contribution in [3.8, 4) is 0 Å². The highest BCUT2D eigenvalue weighted by atomic mass is 16.2. The van der Waals surface area contributed by atoms with E-state index in [1.54, 1.807) is 24.3 Å². The van der Waals surface area contributed by atoms with Crippen LogP contribution in [0.5, 0.6) is 0 Å². The third-order valence-electron chi connectivity index (χ3n) is 2.63. The fourth-order valence-electron chi connectivity index (χ4n) is 1.65.